The molecule has 0 radical (unpaired) electrons. The van der Waals surface area contributed by atoms with E-state index >= 15 is 0 Å². The van der Waals surface area contributed by atoms with E-state index in [4.69, 9.17) is 9.15 Å². The Kier molecular flexibility index (Phi) is 5.08. The Bertz CT molecular complexity index is 1170. The number of pyridine rings is 1. The zero-order valence-corrected chi connectivity index (χ0v) is 17.3. The Balaban J connectivity index is 1.53. The summed E-state index contributed by atoms with van der Waals surface area (Å²) >= 11 is 0. The van der Waals surface area contributed by atoms with E-state index in [2.05, 4.69) is 60.2 Å². The average molecular weight is 403 g/mol. The quantitative estimate of drug-likeness (QED) is 0.409. The first-order valence-electron chi connectivity index (χ1n) is 9.64. The van der Waals surface area contributed by atoms with E-state index in [0.29, 0.717) is 11.6 Å². The molecule has 0 spiro atoms. The first-order valence-corrected chi connectivity index (χ1v) is 9.64. The molecule has 5 nitrogen and oxygen atoms in total. The van der Waals surface area contributed by atoms with Crippen LogP contribution in [0.5, 0.6) is 11.5 Å². The van der Waals surface area contributed by atoms with Gasteiger partial charge in [-0.25, -0.2) is 9.37 Å². The van der Waals surface area contributed by atoms with E-state index in [1.807, 2.05) is 24.3 Å². The minimum absolute atomic E-state index is 0.0283. The van der Waals surface area contributed by atoms with Crippen molar-refractivity contribution in [2.45, 2.75) is 33.1 Å². The van der Waals surface area contributed by atoms with Crippen LogP contribution < -0.4 is 4.74 Å². The van der Waals surface area contributed by atoms with Gasteiger partial charge in [0.2, 0.25) is 5.89 Å². The number of benzene rings is 2. The van der Waals surface area contributed by atoms with Crippen LogP contribution in [0.1, 0.15) is 36.4 Å². The van der Waals surface area contributed by atoms with Crippen molar-refractivity contribution < 1.29 is 13.5 Å². The van der Waals surface area contributed by atoms with Gasteiger partial charge in [-0.15, -0.1) is 10.2 Å². The molecule has 4 aromatic rings. The fourth-order valence-corrected chi connectivity index (χ4v) is 3.21. The van der Waals surface area contributed by atoms with Gasteiger partial charge in [-0.1, -0.05) is 55.8 Å². The lowest BCUT2D eigenvalue weighted by molar-refractivity contribution is 0.438. The maximum atomic E-state index is 14.5. The Morgan fingerprint density at radius 1 is 0.900 bits per heavy atom. The number of halogens is 1. The zero-order valence-electron chi connectivity index (χ0n) is 17.3. The SMILES string of the molecule is Cc1ccc(C(C)(C)c2ccc(Oc3cnc(-c4nnc(C)o4)cc3F)cc2)cc1. The first kappa shape index (κ1) is 19.8. The molecule has 0 aliphatic heterocycles. The van der Waals surface area contributed by atoms with Gasteiger partial charge in [0.15, 0.2) is 11.6 Å². The van der Waals surface area contributed by atoms with Crippen LogP contribution in [0.15, 0.2) is 65.2 Å². The fraction of sp³-hybridized carbons (Fsp3) is 0.208. The minimum Gasteiger partial charge on any atom is -0.453 e. The molecule has 0 aliphatic carbocycles. The van der Waals surface area contributed by atoms with E-state index in [9.17, 15) is 4.39 Å². The van der Waals surface area contributed by atoms with Crippen LogP contribution in [0.25, 0.3) is 11.6 Å². The van der Waals surface area contributed by atoms with Crippen LogP contribution >= 0.6 is 0 Å². The molecule has 2 aromatic heterocycles. The Morgan fingerprint density at radius 3 is 2.10 bits per heavy atom. The number of rotatable bonds is 5. The van der Waals surface area contributed by atoms with Crippen molar-refractivity contribution in [1.29, 1.82) is 0 Å². The highest BCUT2D eigenvalue weighted by atomic mass is 19.1. The van der Waals surface area contributed by atoms with E-state index < -0.39 is 5.82 Å². The molecule has 2 aromatic carbocycles. The lowest BCUT2D eigenvalue weighted by Crippen LogP contribution is -2.18. The van der Waals surface area contributed by atoms with Gasteiger partial charge in [-0.05, 0) is 30.2 Å². The van der Waals surface area contributed by atoms with Crippen LogP contribution in [-0.2, 0) is 5.41 Å². The summed E-state index contributed by atoms with van der Waals surface area (Å²) in [5.74, 6) is 0.558. The molecule has 152 valence electrons. The molecule has 0 saturated heterocycles. The van der Waals surface area contributed by atoms with Crippen molar-refractivity contribution in [2.75, 3.05) is 0 Å². The van der Waals surface area contributed by atoms with Crippen LogP contribution in [-0.4, -0.2) is 15.2 Å². The highest BCUT2D eigenvalue weighted by molar-refractivity contribution is 5.48. The van der Waals surface area contributed by atoms with Gasteiger partial charge in [0.05, 0.1) is 6.20 Å². The Labute approximate surface area is 174 Å². The van der Waals surface area contributed by atoms with Gasteiger partial charge in [0.1, 0.15) is 11.4 Å². The van der Waals surface area contributed by atoms with E-state index in [-0.39, 0.29) is 22.7 Å². The standard InChI is InChI=1S/C24H22FN3O2/c1-15-5-7-17(8-6-15)24(3,4)18-9-11-19(12-10-18)30-22-14-26-21(13-20(22)25)23-28-27-16(2)29-23/h5-14H,1-4H3. The third-order valence-corrected chi connectivity index (χ3v) is 5.14. The minimum atomic E-state index is -0.556. The molecule has 2 heterocycles. The van der Waals surface area contributed by atoms with Gasteiger partial charge in [-0.3, -0.25) is 0 Å². The number of hydrogen-bond acceptors (Lipinski definition) is 5. The summed E-state index contributed by atoms with van der Waals surface area (Å²) in [5, 5.41) is 7.57. The number of aromatic nitrogens is 3. The van der Waals surface area contributed by atoms with Gasteiger partial charge >= 0.3 is 0 Å². The van der Waals surface area contributed by atoms with Gasteiger partial charge in [0.25, 0.3) is 5.89 Å². The van der Waals surface area contributed by atoms with E-state index in [1.165, 1.54) is 23.4 Å². The van der Waals surface area contributed by atoms with Crippen LogP contribution in [0.4, 0.5) is 4.39 Å². The summed E-state index contributed by atoms with van der Waals surface area (Å²) in [7, 11) is 0. The van der Waals surface area contributed by atoms with Crippen molar-refractivity contribution in [3.05, 3.63) is 89.2 Å². The summed E-state index contributed by atoms with van der Waals surface area (Å²) in [6.45, 7) is 8.09. The fourth-order valence-electron chi connectivity index (χ4n) is 3.21. The summed E-state index contributed by atoms with van der Waals surface area (Å²) in [4.78, 5) is 4.16. The van der Waals surface area contributed by atoms with Crippen LogP contribution in [0.2, 0.25) is 0 Å². The topological polar surface area (TPSA) is 61.0 Å². The summed E-state index contributed by atoms with van der Waals surface area (Å²) in [6.07, 6.45) is 1.31. The van der Waals surface area contributed by atoms with Gasteiger partial charge in [0, 0.05) is 18.4 Å². The summed E-state index contributed by atoms with van der Waals surface area (Å²) in [5.41, 5.74) is 3.69. The summed E-state index contributed by atoms with van der Waals surface area (Å²) < 4.78 is 25.5. The number of hydrogen-bond donors (Lipinski definition) is 0. The highest BCUT2D eigenvalue weighted by Crippen LogP contribution is 2.34. The molecule has 0 amide bonds. The van der Waals surface area contributed by atoms with Crippen molar-refractivity contribution in [2.24, 2.45) is 0 Å². The van der Waals surface area contributed by atoms with Crippen LogP contribution in [0, 0.1) is 19.7 Å². The maximum absolute atomic E-state index is 14.5. The number of ether oxygens (including phenoxy) is 1. The largest absolute Gasteiger partial charge is 0.453 e. The van der Waals surface area contributed by atoms with Crippen molar-refractivity contribution in [3.8, 4) is 23.1 Å². The zero-order chi connectivity index (χ0) is 21.3. The maximum Gasteiger partial charge on any atom is 0.266 e. The smallest absolute Gasteiger partial charge is 0.266 e. The van der Waals surface area contributed by atoms with Gasteiger partial charge in [-0.2, -0.15) is 0 Å². The second-order valence-corrected chi connectivity index (χ2v) is 7.74. The molecule has 0 atom stereocenters. The molecule has 0 fully saturated rings. The number of nitrogens with zero attached hydrogens (tertiary/aromatic N) is 3. The third-order valence-electron chi connectivity index (χ3n) is 5.14. The first-order chi connectivity index (χ1) is 14.3. The van der Waals surface area contributed by atoms with E-state index in [1.54, 1.807) is 6.92 Å². The molecule has 4 rings (SSSR count). The molecule has 0 saturated carbocycles. The van der Waals surface area contributed by atoms with Crippen molar-refractivity contribution >= 4 is 0 Å². The molecular weight excluding hydrogens is 381 g/mol. The van der Waals surface area contributed by atoms with Gasteiger partial charge < -0.3 is 9.15 Å². The Morgan fingerprint density at radius 2 is 1.53 bits per heavy atom. The molecular formula is C24H22FN3O2. The van der Waals surface area contributed by atoms with Crippen LogP contribution in [0.3, 0.4) is 0 Å². The molecule has 0 aliphatic rings. The second kappa shape index (κ2) is 7.71. The number of aryl methyl sites for hydroxylation is 2. The lowest BCUT2D eigenvalue weighted by Gasteiger charge is -2.26. The average Bonchev–Trinajstić information content (AvgIpc) is 3.16. The second-order valence-electron chi connectivity index (χ2n) is 7.74. The molecule has 30 heavy (non-hydrogen) atoms. The van der Waals surface area contributed by atoms with Crippen molar-refractivity contribution in [1.82, 2.24) is 15.2 Å². The predicted octanol–water partition coefficient (Wildman–Crippen LogP) is 6.01. The lowest BCUT2D eigenvalue weighted by atomic mass is 9.78. The molecule has 0 bridgehead atoms. The molecule has 6 heteroatoms. The third kappa shape index (κ3) is 3.94. The highest BCUT2D eigenvalue weighted by Gasteiger charge is 2.23. The normalized spacial score (nSPS) is 11.5. The van der Waals surface area contributed by atoms with E-state index in [0.717, 1.165) is 5.56 Å². The monoisotopic (exact) mass is 403 g/mol. The predicted molar refractivity (Wildman–Crippen MR) is 112 cm³/mol. The van der Waals surface area contributed by atoms with Crippen molar-refractivity contribution in [3.63, 3.8) is 0 Å². The summed E-state index contributed by atoms with van der Waals surface area (Å²) in [6, 6.07) is 17.4. The molecule has 0 N–H and O–H groups in total. The Hall–Kier alpha value is -3.54. The molecule has 0 unspecified atom stereocenters.